The molecule has 1 heterocycles. The van der Waals surface area contributed by atoms with Crippen molar-refractivity contribution < 1.29 is 19.0 Å². The maximum Gasteiger partial charge on any atom is 0.498 e. The normalized spacial score (nSPS) is 19.4. The minimum Gasteiger partial charge on any atom is -0.497 e. The van der Waals surface area contributed by atoms with E-state index < -0.39 is 18.3 Å². The van der Waals surface area contributed by atoms with Gasteiger partial charge in [-0.2, -0.15) is 0 Å². The first kappa shape index (κ1) is 21.6. The molecule has 1 aromatic carbocycles. The number of ether oxygens (including phenoxy) is 1. The van der Waals surface area contributed by atoms with Gasteiger partial charge in [-0.25, -0.2) is 0 Å². The van der Waals surface area contributed by atoms with Crippen LogP contribution >= 0.6 is 0 Å². The van der Waals surface area contributed by atoms with Gasteiger partial charge in [0.2, 0.25) is 0 Å². The van der Waals surface area contributed by atoms with Crippen LogP contribution in [-0.4, -0.2) is 62.9 Å². The lowest BCUT2D eigenvalue weighted by molar-refractivity contribution is -0.385. The highest BCUT2D eigenvalue weighted by atomic mass is 16.7. The van der Waals surface area contributed by atoms with Gasteiger partial charge >= 0.3 is 7.12 Å². The van der Waals surface area contributed by atoms with Crippen LogP contribution < -0.4 is 15.5 Å². The predicted molar refractivity (Wildman–Crippen MR) is 106 cm³/mol. The third-order valence-electron chi connectivity index (χ3n) is 5.35. The third kappa shape index (κ3) is 4.26. The predicted octanol–water partition coefficient (Wildman–Crippen LogP) is 1.72. The summed E-state index contributed by atoms with van der Waals surface area (Å²) in [7, 11) is 6.43. The van der Waals surface area contributed by atoms with E-state index in [0.717, 1.165) is 0 Å². The number of nitrogens with zero attached hydrogens (tertiary/aromatic N) is 2. The molecule has 9 heteroatoms. The highest BCUT2D eigenvalue weighted by molar-refractivity contribution is 6.63. The van der Waals surface area contributed by atoms with Crippen molar-refractivity contribution in [3.63, 3.8) is 0 Å². The lowest BCUT2D eigenvalue weighted by Crippen LogP contribution is -2.41. The van der Waals surface area contributed by atoms with Crippen molar-refractivity contribution in [1.82, 2.24) is 10.2 Å². The summed E-state index contributed by atoms with van der Waals surface area (Å²) in [4.78, 5) is 13.4. The van der Waals surface area contributed by atoms with Crippen molar-refractivity contribution in [3.05, 3.63) is 27.8 Å². The Bertz CT molecular complexity index is 692. The molecule has 0 amide bonds. The summed E-state index contributed by atoms with van der Waals surface area (Å²) in [6.07, 6.45) is 0. The Morgan fingerprint density at radius 1 is 1.26 bits per heavy atom. The van der Waals surface area contributed by atoms with Crippen LogP contribution in [0.15, 0.2) is 12.1 Å². The van der Waals surface area contributed by atoms with E-state index in [4.69, 9.17) is 14.0 Å². The van der Waals surface area contributed by atoms with Gasteiger partial charge in [0.1, 0.15) is 5.75 Å². The molecule has 1 unspecified atom stereocenters. The SMILES string of the molecule is CNC(CN(C)C)c1cc(OC)c(B2OC(C)(C)C(C)(C)O2)cc1[N+](=O)[O-]. The lowest BCUT2D eigenvalue weighted by Gasteiger charge is -2.32. The van der Waals surface area contributed by atoms with Gasteiger partial charge in [-0.1, -0.05) is 0 Å². The molecular formula is C18H30BN3O5. The van der Waals surface area contributed by atoms with Crippen molar-refractivity contribution in [1.29, 1.82) is 0 Å². The Morgan fingerprint density at radius 2 is 1.81 bits per heavy atom. The second kappa shape index (κ2) is 7.75. The van der Waals surface area contributed by atoms with Crippen molar-refractivity contribution in [3.8, 4) is 5.75 Å². The van der Waals surface area contributed by atoms with Crippen LogP contribution in [0.1, 0.15) is 39.3 Å². The van der Waals surface area contributed by atoms with Crippen LogP contribution in [0, 0.1) is 10.1 Å². The van der Waals surface area contributed by atoms with Crippen LogP contribution in [-0.2, 0) is 9.31 Å². The van der Waals surface area contributed by atoms with Gasteiger partial charge < -0.3 is 24.3 Å². The van der Waals surface area contributed by atoms with E-state index >= 15 is 0 Å². The molecule has 27 heavy (non-hydrogen) atoms. The molecule has 1 aliphatic heterocycles. The monoisotopic (exact) mass is 379 g/mol. The fourth-order valence-corrected chi connectivity index (χ4v) is 3.08. The summed E-state index contributed by atoms with van der Waals surface area (Å²) in [6, 6.07) is 3.00. The summed E-state index contributed by atoms with van der Waals surface area (Å²) in [5.41, 5.74) is 0.00433. The highest BCUT2D eigenvalue weighted by Crippen LogP contribution is 2.38. The summed E-state index contributed by atoms with van der Waals surface area (Å²) in [5, 5.41) is 14.9. The number of rotatable bonds is 7. The van der Waals surface area contributed by atoms with Crippen molar-refractivity contribution in [2.75, 3.05) is 34.8 Å². The van der Waals surface area contributed by atoms with Crippen molar-refractivity contribution in [2.45, 2.75) is 44.9 Å². The Kier molecular flexibility index (Phi) is 6.21. The number of nitro benzene ring substituents is 1. The van der Waals surface area contributed by atoms with Crippen LogP contribution in [0.25, 0.3) is 0 Å². The van der Waals surface area contributed by atoms with Crippen LogP contribution in [0.2, 0.25) is 0 Å². The fourth-order valence-electron chi connectivity index (χ4n) is 3.08. The maximum atomic E-state index is 11.8. The van der Waals surface area contributed by atoms with Gasteiger partial charge in [-0.3, -0.25) is 10.1 Å². The van der Waals surface area contributed by atoms with E-state index in [-0.39, 0.29) is 16.7 Å². The third-order valence-corrected chi connectivity index (χ3v) is 5.35. The number of methoxy groups -OCH3 is 1. The topological polar surface area (TPSA) is 86.1 Å². The molecule has 0 aromatic heterocycles. The molecule has 0 radical (unpaired) electrons. The van der Waals surface area contributed by atoms with Gasteiger partial charge in [0.15, 0.2) is 0 Å². The van der Waals surface area contributed by atoms with E-state index in [2.05, 4.69) is 5.32 Å². The van der Waals surface area contributed by atoms with Crippen molar-refractivity contribution in [2.24, 2.45) is 0 Å². The Labute approximate surface area is 161 Å². The van der Waals surface area contributed by atoms with Gasteiger partial charge in [0.25, 0.3) is 5.69 Å². The molecule has 1 fully saturated rings. The zero-order valence-corrected chi connectivity index (χ0v) is 17.5. The molecule has 1 aromatic rings. The first-order chi connectivity index (χ1) is 12.4. The van der Waals surface area contributed by atoms with E-state index in [1.54, 1.807) is 20.2 Å². The molecule has 8 nitrogen and oxygen atoms in total. The van der Waals surface area contributed by atoms with Crippen molar-refractivity contribution >= 4 is 18.3 Å². The van der Waals surface area contributed by atoms with Crippen LogP contribution in [0.3, 0.4) is 0 Å². The average Bonchev–Trinajstić information content (AvgIpc) is 2.78. The molecule has 1 aliphatic rings. The number of nitro groups is 1. The molecule has 150 valence electrons. The van der Waals surface area contributed by atoms with Gasteiger partial charge in [0, 0.05) is 18.1 Å². The molecule has 1 atom stereocenters. The number of likely N-dealkylation sites (N-methyl/N-ethyl adjacent to an activating group) is 2. The summed E-state index contributed by atoms with van der Waals surface area (Å²) in [6.45, 7) is 8.37. The van der Waals surface area contributed by atoms with Gasteiger partial charge in [0.05, 0.1) is 34.8 Å². The standard InChI is InChI=1S/C18H30BN3O5/c1-17(2)18(3,4)27-19(26-17)13-10-15(22(23)24)12(9-16(13)25-8)14(20-5)11-21(6)7/h9-10,14,20H,11H2,1-8H3. The lowest BCUT2D eigenvalue weighted by atomic mass is 9.77. The zero-order valence-electron chi connectivity index (χ0n) is 17.5. The number of nitrogens with one attached hydrogen (secondary N) is 1. The average molecular weight is 379 g/mol. The Morgan fingerprint density at radius 3 is 2.22 bits per heavy atom. The fraction of sp³-hybridized carbons (Fsp3) is 0.667. The second-order valence-corrected chi connectivity index (χ2v) is 8.10. The minimum atomic E-state index is -0.736. The summed E-state index contributed by atoms with van der Waals surface area (Å²) >= 11 is 0. The van der Waals surface area contributed by atoms with Gasteiger partial charge in [-0.15, -0.1) is 0 Å². The second-order valence-electron chi connectivity index (χ2n) is 8.10. The zero-order chi connectivity index (χ0) is 20.6. The first-order valence-electron chi connectivity index (χ1n) is 8.97. The number of hydrogen-bond donors (Lipinski definition) is 1. The number of benzene rings is 1. The smallest absolute Gasteiger partial charge is 0.497 e. The van der Waals surface area contributed by atoms with Gasteiger partial charge in [-0.05, 0) is 54.9 Å². The molecule has 2 rings (SSSR count). The van der Waals surface area contributed by atoms with E-state index in [0.29, 0.717) is 23.3 Å². The quantitative estimate of drug-likeness (QED) is 0.439. The molecule has 0 saturated carbocycles. The maximum absolute atomic E-state index is 11.8. The summed E-state index contributed by atoms with van der Waals surface area (Å²) in [5.74, 6) is 0.508. The Balaban J connectivity index is 2.55. The first-order valence-corrected chi connectivity index (χ1v) is 8.97. The molecule has 0 aliphatic carbocycles. The van der Waals surface area contributed by atoms with E-state index in [1.807, 2.05) is 46.7 Å². The van der Waals surface area contributed by atoms with Crippen LogP contribution in [0.4, 0.5) is 5.69 Å². The molecular weight excluding hydrogens is 349 g/mol. The number of hydrogen-bond acceptors (Lipinski definition) is 7. The highest BCUT2D eigenvalue weighted by Gasteiger charge is 2.53. The molecule has 0 spiro atoms. The summed E-state index contributed by atoms with van der Waals surface area (Å²) < 4.78 is 17.7. The van der Waals surface area contributed by atoms with E-state index in [1.165, 1.54) is 6.07 Å². The molecule has 0 bridgehead atoms. The van der Waals surface area contributed by atoms with Crippen LogP contribution in [0.5, 0.6) is 5.75 Å². The molecule has 1 N–H and O–H groups in total. The largest absolute Gasteiger partial charge is 0.498 e. The minimum absolute atomic E-state index is 0.0155. The molecule has 1 saturated heterocycles. The van der Waals surface area contributed by atoms with E-state index in [9.17, 15) is 10.1 Å². The Hall–Kier alpha value is -1.68.